The number of nitrogens with one attached hydrogen (secondary N) is 1. The van der Waals surface area contributed by atoms with Gasteiger partial charge in [-0.2, -0.15) is 0 Å². The fourth-order valence-corrected chi connectivity index (χ4v) is 4.38. The van der Waals surface area contributed by atoms with Crippen LogP contribution in [0.25, 0.3) is 0 Å². The Bertz CT molecular complexity index is 1190. The predicted molar refractivity (Wildman–Crippen MR) is 128 cm³/mol. The van der Waals surface area contributed by atoms with Gasteiger partial charge < -0.3 is 10.1 Å². The Morgan fingerprint density at radius 2 is 1.62 bits per heavy atom. The standard InChI is InChI=1S/C25H28N2O4S/c1-18-9-5-6-10-21(18)17-27(32(4,29)30)22-15-13-20(14-16-22)25(28)26-19(2)23-11-7-8-12-24(23)31-3/h5-16,19H,17H2,1-4H3,(H,26,28)/t19-/m1/s1. The summed E-state index contributed by atoms with van der Waals surface area (Å²) in [6.07, 6.45) is 1.18. The van der Waals surface area contributed by atoms with Crippen LogP contribution in [-0.2, 0) is 16.6 Å². The number of nitrogens with zero attached hydrogens (tertiary/aromatic N) is 1. The van der Waals surface area contributed by atoms with Crippen molar-refractivity contribution in [2.45, 2.75) is 26.4 Å². The average molecular weight is 453 g/mol. The Labute approximate surface area is 189 Å². The van der Waals surface area contributed by atoms with Crippen LogP contribution < -0.4 is 14.4 Å². The van der Waals surface area contributed by atoms with E-state index in [0.29, 0.717) is 17.0 Å². The van der Waals surface area contributed by atoms with Crippen LogP contribution >= 0.6 is 0 Å². The van der Waals surface area contributed by atoms with Crippen LogP contribution in [0.3, 0.4) is 0 Å². The monoisotopic (exact) mass is 452 g/mol. The third-order valence-corrected chi connectivity index (χ3v) is 6.49. The second kappa shape index (κ2) is 9.87. The minimum atomic E-state index is -3.51. The van der Waals surface area contributed by atoms with Gasteiger partial charge in [0.2, 0.25) is 10.0 Å². The molecule has 0 aliphatic heterocycles. The Balaban J connectivity index is 1.79. The highest BCUT2D eigenvalue weighted by Gasteiger charge is 2.20. The molecule has 0 heterocycles. The molecule has 0 aromatic heterocycles. The van der Waals surface area contributed by atoms with Crippen molar-refractivity contribution in [3.8, 4) is 5.75 Å². The Morgan fingerprint density at radius 1 is 1.00 bits per heavy atom. The number of sulfonamides is 1. The van der Waals surface area contributed by atoms with Crippen molar-refractivity contribution in [3.05, 3.63) is 95.1 Å². The minimum Gasteiger partial charge on any atom is -0.496 e. The van der Waals surface area contributed by atoms with Gasteiger partial charge in [-0.3, -0.25) is 9.10 Å². The third kappa shape index (κ3) is 5.48. The maximum absolute atomic E-state index is 12.8. The number of ether oxygens (including phenoxy) is 1. The zero-order valence-electron chi connectivity index (χ0n) is 18.7. The van der Waals surface area contributed by atoms with Crippen LogP contribution in [0.1, 0.15) is 40.0 Å². The molecule has 1 atom stereocenters. The quantitative estimate of drug-likeness (QED) is 0.548. The van der Waals surface area contributed by atoms with Crippen LogP contribution in [0.2, 0.25) is 0 Å². The first-order valence-electron chi connectivity index (χ1n) is 10.3. The fourth-order valence-electron chi connectivity index (χ4n) is 3.50. The highest BCUT2D eigenvalue weighted by atomic mass is 32.2. The number of amides is 1. The largest absolute Gasteiger partial charge is 0.496 e. The molecule has 3 aromatic carbocycles. The summed E-state index contributed by atoms with van der Waals surface area (Å²) in [4.78, 5) is 12.8. The smallest absolute Gasteiger partial charge is 0.251 e. The lowest BCUT2D eigenvalue weighted by atomic mass is 10.1. The highest BCUT2D eigenvalue weighted by Crippen LogP contribution is 2.26. The van der Waals surface area contributed by atoms with Gasteiger partial charge in [-0.15, -0.1) is 0 Å². The summed E-state index contributed by atoms with van der Waals surface area (Å²) in [6.45, 7) is 4.06. The molecule has 1 N–H and O–H groups in total. The van der Waals surface area contributed by atoms with Gasteiger partial charge in [-0.1, -0.05) is 42.5 Å². The van der Waals surface area contributed by atoms with Crippen molar-refractivity contribution in [3.63, 3.8) is 0 Å². The zero-order valence-corrected chi connectivity index (χ0v) is 19.5. The van der Waals surface area contributed by atoms with Gasteiger partial charge in [0, 0.05) is 11.1 Å². The van der Waals surface area contributed by atoms with E-state index in [2.05, 4.69) is 5.32 Å². The predicted octanol–water partition coefficient (Wildman–Crippen LogP) is 4.46. The molecule has 0 aliphatic rings. The summed E-state index contributed by atoms with van der Waals surface area (Å²) < 4.78 is 31.6. The maximum atomic E-state index is 12.8. The first-order valence-corrected chi connectivity index (χ1v) is 12.1. The first-order chi connectivity index (χ1) is 15.2. The van der Waals surface area contributed by atoms with E-state index < -0.39 is 10.0 Å². The fraction of sp³-hybridized carbons (Fsp3) is 0.240. The summed E-state index contributed by atoms with van der Waals surface area (Å²) >= 11 is 0. The Hall–Kier alpha value is -3.32. The molecule has 6 nitrogen and oxygen atoms in total. The normalized spacial score (nSPS) is 12.1. The molecule has 0 spiro atoms. The lowest BCUT2D eigenvalue weighted by Gasteiger charge is -2.23. The van der Waals surface area contributed by atoms with Crippen molar-refractivity contribution < 1.29 is 17.9 Å². The van der Waals surface area contributed by atoms with E-state index in [-0.39, 0.29) is 18.5 Å². The Kier molecular flexibility index (Phi) is 7.20. The van der Waals surface area contributed by atoms with E-state index in [0.717, 1.165) is 16.7 Å². The van der Waals surface area contributed by atoms with Crippen LogP contribution in [0.4, 0.5) is 5.69 Å². The second-order valence-electron chi connectivity index (χ2n) is 7.68. The average Bonchev–Trinajstić information content (AvgIpc) is 2.77. The molecule has 0 saturated carbocycles. The van der Waals surface area contributed by atoms with Gasteiger partial charge in [0.05, 0.1) is 31.6 Å². The summed E-state index contributed by atoms with van der Waals surface area (Å²) in [5.74, 6) is 0.454. The van der Waals surface area contributed by atoms with Crippen LogP contribution in [0.15, 0.2) is 72.8 Å². The lowest BCUT2D eigenvalue weighted by Crippen LogP contribution is -2.30. The molecule has 7 heteroatoms. The maximum Gasteiger partial charge on any atom is 0.251 e. The van der Waals surface area contributed by atoms with Gasteiger partial charge in [-0.05, 0) is 55.3 Å². The van der Waals surface area contributed by atoms with E-state index in [9.17, 15) is 13.2 Å². The molecule has 0 bridgehead atoms. The van der Waals surface area contributed by atoms with E-state index in [1.807, 2.05) is 62.4 Å². The molecule has 0 radical (unpaired) electrons. The number of para-hydroxylation sites is 1. The van der Waals surface area contributed by atoms with E-state index in [4.69, 9.17) is 4.74 Å². The molecule has 32 heavy (non-hydrogen) atoms. The number of hydrogen-bond acceptors (Lipinski definition) is 4. The summed E-state index contributed by atoms with van der Waals surface area (Å²) in [7, 11) is -1.92. The number of aryl methyl sites for hydroxylation is 1. The molecule has 0 fully saturated rings. The molecule has 168 valence electrons. The lowest BCUT2D eigenvalue weighted by molar-refractivity contribution is 0.0939. The number of benzene rings is 3. The van der Waals surface area contributed by atoms with E-state index >= 15 is 0 Å². The van der Waals surface area contributed by atoms with Gasteiger partial charge in [0.1, 0.15) is 5.75 Å². The van der Waals surface area contributed by atoms with Crippen LogP contribution in [0, 0.1) is 6.92 Å². The SMILES string of the molecule is COc1ccccc1[C@@H](C)NC(=O)c1ccc(N(Cc2ccccc2C)S(C)(=O)=O)cc1. The van der Waals surface area contributed by atoms with Crippen molar-refractivity contribution in [1.82, 2.24) is 5.32 Å². The molecule has 0 saturated heterocycles. The first kappa shape index (κ1) is 23.3. The van der Waals surface area contributed by atoms with Crippen molar-refractivity contribution >= 4 is 21.6 Å². The number of hydrogen-bond donors (Lipinski definition) is 1. The summed E-state index contributed by atoms with van der Waals surface area (Å²) in [5, 5.41) is 2.96. The summed E-state index contributed by atoms with van der Waals surface area (Å²) in [6, 6.07) is 21.5. The van der Waals surface area contributed by atoms with Crippen LogP contribution in [0.5, 0.6) is 5.75 Å². The van der Waals surface area contributed by atoms with Crippen molar-refractivity contribution in [1.29, 1.82) is 0 Å². The van der Waals surface area contributed by atoms with Gasteiger partial charge >= 0.3 is 0 Å². The molecule has 3 aromatic rings. The minimum absolute atomic E-state index is 0.224. The molecular formula is C25H28N2O4S. The topological polar surface area (TPSA) is 75.7 Å². The molecular weight excluding hydrogens is 424 g/mol. The molecule has 0 aliphatic carbocycles. The molecule has 1 amide bonds. The summed E-state index contributed by atoms with van der Waals surface area (Å²) in [5.41, 5.74) is 3.76. The van der Waals surface area contributed by atoms with E-state index in [1.165, 1.54) is 10.6 Å². The number of carbonyl (C=O) groups excluding carboxylic acids is 1. The van der Waals surface area contributed by atoms with Gasteiger partial charge in [-0.25, -0.2) is 8.42 Å². The number of anilines is 1. The number of carbonyl (C=O) groups is 1. The van der Waals surface area contributed by atoms with Gasteiger partial charge in [0.25, 0.3) is 5.91 Å². The zero-order chi connectivity index (χ0) is 23.3. The Morgan fingerprint density at radius 3 is 2.25 bits per heavy atom. The van der Waals surface area contributed by atoms with Crippen molar-refractivity contribution in [2.75, 3.05) is 17.7 Å². The highest BCUT2D eigenvalue weighted by molar-refractivity contribution is 7.92. The van der Waals surface area contributed by atoms with Crippen molar-refractivity contribution in [2.24, 2.45) is 0 Å². The molecule has 3 rings (SSSR count). The van der Waals surface area contributed by atoms with Crippen LogP contribution in [-0.4, -0.2) is 27.7 Å². The number of methoxy groups -OCH3 is 1. The number of rotatable bonds is 8. The second-order valence-corrected chi connectivity index (χ2v) is 9.59. The third-order valence-electron chi connectivity index (χ3n) is 5.35. The molecule has 0 unspecified atom stereocenters. The van der Waals surface area contributed by atoms with Gasteiger partial charge in [0.15, 0.2) is 0 Å². The van der Waals surface area contributed by atoms with E-state index in [1.54, 1.807) is 31.4 Å².